The summed E-state index contributed by atoms with van der Waals surface area (Å²) in [4.78, 5) is 0.328. The third kappa shape index (κ3) is 2.57. The molecule has 1 fully saturated rings. The van der Waals surface area contributed by atoms with Crippen LogP contribution in [0.2, 0.25) is 0 Å². The number of fused-ring (bicyclic) bond motifs is 1. The summed E-state index contributed by atoms with van der Waals surface area (Å²) < 4.78 is 27.9. The van der Waals surface area contributed by atoms with E-state index in [0.717, 1.165) is 23.6 Å². The number of sulfonamides is 1. The van der Waals surface area contributed by atoms with E-state index in [1.165, 1.54) is 0 Å². The van der Waals surface area contributed by atoms with Gasteiger partial charge in [-0.1, -0.05) is 36.4 Å². The maximum Gasteiger partial charge on any atom is 0.241 e. The predicted molar refractivity (Wildman–Crippen MR) is 79.8 cm³/mol. The molecule has 2 aromatic carbocycles. The van der Waals surface area contributed by atoms with Gasteiger partial charge in [-0.2, -0.15) is 0 Å². The molecule has 1 aliphatic carbocycles. The molecule has 20 heavy (non-hydrogen) atoms. The molecular formula is C15H18N2O2S. The van der Waals surface area contributed by atoms with Crippen molar-refractivity contribution in [2.75, 3.05) is 6.54 Å². The van der Waals surface area contributed by atoms with E-state index in [1.54, 1.807) is 12.1 Å². The number of rotatable bonds is 5. The van der Waals surface area contributed by atoms with E-state index in [2.05, 4.69) is 4.72 Å². The van der Waals surface area contributed by atoms with Crippen LogP contribution in [-0.2, 0) is 10.0 Å². The van der Waals surface area contributed by atoms with Gasteiger partial charge in [-0.3, -0.25) is 0 Å². The summed E-state index contributed by atoms with van der Waals surface area (Å²) in [6.07, 6.45) is 2.11. The van der Waals surface area contributed by atoms with Crippen molar-refractivity contribution < 1.29 is 8.42 Å². The molecule has 2 aromatic rings. The van der Waals surface area contributed by atoms with Gasteiger partial charge in [0.25, 0.3) is 0 Å². The molecule has 0 aliphatic heterocycles. The molecule has 0 bridgehead atoms. The van der Waals surface area contributed by atoms with Crippen molar-refractivity contribution in [3.05, 3.63) is 42.5 Å². The van der Waals surface area contributed by atoms with Crippen molar-refractivity contribution in [3.8, 4) is 0 Å². The van der Waals surface area contributed by atoms with Crippen molar-refractivity contribution in [2.24, 2.45) is 11.7 Å². The first-order valence-electron chi connectivity index (χ1n) is 6.82. The van der Waals surface area contributed by atoms with Crippen molar-refractivity contribution >= 4 is 20.8 Å². The summed E-state index contributed by atoms with van der Waals surface area (Å²) in [6, 6.07) is 12.7. The van der Waals surface area contributed by atoms with E-state index in [0.29, 0.717) is 17.4 Å². The van der Waals surface area contributed by atoms with E-state index >= 15 is 0 Å². The number of benzene rings is 2. The van der Waals surface area contributed by atoms with Gasteiger partial charge in [0.05, 0.1) is 4.90 Å². The van der Waals surface area contributed by atoms with Crippen LogP contribution in [0.4, 0.5) is 0 Å². The summed E-state index contributed by atoms with van der Waals surface area (Å²) >= 11 is 0. The van der Waals surface area contributed by atoms with Gasteiger partial charge < -0.3 is 5.73 Å². The zero-order valence-electron chi connectivity index (χ0n) is 11.1. The molecule has 0 aromatic heterocycles. The smallest absolute Gasteiger partial charge is 0.241 e. The maximum atomic E-state index is 12.6. The lowest BCUT2D eigenvalue weighted by atomic mass is 10.1. The van der Waals surface area contributed by atoms with Gasteiger partial charge in [-0.25, -0.2) is 13.1 Å². The monoisotopic (exact) mass is 290 g/mol. The Labute approximate surface area is 119 Å². The molecular weight excluding hydrogens is 272 g/mol. The summed E-state index contributed by atoms with van der Waals surface area (Å²) in [6.45, 7) is 0.342. The average molecular weight is 290 g/mol. The average Bonchev–Trinajstić information content (AvgIpc) is 3.29. The van der Waals surface area contributed by atoms with Crippen LogP contribution in [0.3, 0.4) is 0 Å². The molecule has 1 saturated carbocycles. The lowest BCUT2D eigenvalue weighted by molar-refractivity contribution is 0.520. The Bertz CT molecular complexity index is 718. The second kappa shape index (κ2) is 5.16. The zero-order valence-corrected chi connectivity index (χ0v) is 11.9. The number of nitrogens with two attached hydrogens (primary N) is 1. The maximum absolute atomic E-state index is 12.6. The minimum absolute atomic E-state index is 0.154. The lowest BCUT2D eigenvalue weighted by Crippen LogP contribution is -2.41. The lowest BCUT2D eigenvalue weighted by Gasteiger charge is -2.17. The fourth-order valence-electron chi connectivity index (χ4n) is 2.53. The second-order valence-electron chi connectivity index (χ2n) is 5.28. The molecule has 4 nitrogen and oxygen atoms in total. The summed E-state index contributed by atoms with van der Waals surface area (Å²) in [7, 11) is -3.53. The molecule has 0 radical (unpaired) electrons. The topological polar surface area (TPSA) is 72.2 Å². The Morgan fingerprint density at radius 3 is 2.55 bits per heavy atom. The molecule has 3 rings (SSSR count). The highest BCUT2D eigenvalue weighted by Gasteiger charge is 2.33. The van der Waals surface area contributed by atoms with Crippen LogP contribution in [0.5, 0.6) is 0 Å². The van der Waals surface area contributed by atoms with E-state index < -0.39 is 10.0 Å². The van der Waals surface area contributed by atoms with E-state index in [9.17, 15) is 8.42 Å². The van der Waals surface area contributed by atoms with Crippen molar-refractivity contribution in [1.82, 2.24) is 4.72 Å². The summed E-state index contributed by atoms with van der Waals surface area (Å²) in [5, 5.41) is 1.67. The van der Waals surface area contributed by atoms with Crippen molar-refractivity contribution in [3.63, 3.8) is 0 Å². The second-order valence-corrected chi connectivity index (χ2v) is 6.96. The van der Waals surface area contributed by atoms with Crippen LogP contribution >= 0.6 is 0 Å². The molecule has 5 heteroatoms. The first-order chi connectivity index (χ1) is 9.62. The first kappa shape index (κ1) is 13.5. The third-order valence-electron chi connectivity index (χ3n) is 3.79. The number of hydrogen-bond acceptors (Lipinski definition) is 3. The van der Waals surface area contributed by atoms with Gasteiger partial charge >= 0.3 is 0 Å². The highest BCUT2D eigenvalue weighted by molar-refractivity contribution is 7.89. The van der Waals surface area contributed by atoms with Gasteiger partial charge in [0.2, 0.25) is 10.0 Å². The third-order valence-corrected chi connectivity index (χ3v) is 5.34. The SMILES string of the molecule is NC[C@H](NS(=O)(=O)c1cccc2ccccc12)C1CC1. The van der Waals surface area contributed by atoms with Gasteiger partial charge in [0.1, 0.15) is 0 Å². The van der Waals surface area contributed by atoms with Crippen LogP contribution in [-0.4, -0.2) is 21.0 Å². The highest BCUT2D eigenvalue weighted by Crippen LogP contribution is 2.33. The normalized spacial score (nSPS) is 17.2. The molecule has 0 amide bonds. The van der Waals surface area contributed by atoms with Crippen LogP contribution < -0.4 is 10.5 Å². The largest absolute Gasteiger partial charge is 0.329 e. The number of nitrogens with one attached hydrogen (secondary N) is 1. The molecule has 106 valence electrons. The Morgan fingerprint density at radius 1 is 1.15 bits per heavy atom. The van der Waals surface area contributed by atoms with Crippen LogP contribution in [0, 0.1) is 5.92 Å². The van der Waals surface area contributed by atoms with Gasteiger partial charge in [-0.05, 0) is 30.2 Å². The summed E-state index contributed by atoms with van der Waals surface area (Å²) in [5.74, 6) is 0.393. The minimum Gasteiger partial charge on any atom is -0.329 e. The van der Waals surface area contributed by atoms with E-state index in [4.69, 9.17) is 5.73 Å². The number of hydrogen-bond donors (Lipinski definition) is 2. The Morgan fingerprint density at radius 2 is 1.85 bits per heavy atom. The molecule has 3 N–H and O–H groups in total. The Balaban J connectivity index is 2.00. The molecule has 0 heterocycles. The standard InChI is InChI=1S/C15H18N2O2S/c16-10-14(12-8-9-12)17-20(18,19)15-7-3-5-11-4-1-2-6-13(11)15/h1-7,12,14,17H,8-10,16H2/t14-/m0/s1. The first-order valence-corrected chi connectivity index (χ1v) is 8.30. The minimum atomic E-state index is -3.53. The molecule has 1 aliphatic rings. The van der Waals surface area contributed by atoms with E-state index in [-0.39, 0.29) is 6.04 Å². The molecule has 0 spiro atoms. The molecule has 1 atom stereocenters. The van der Waals surface area contributed by atoms with E-state index in [1.807, 2.05) is 30.3 Å². The fourth-order valence-corrected chi connectivity index (χ4v) is 4.08. The van der Waals surface area contributed by atoms with Crippen molar-refractivity contribution in [1.29, 1.82) is 0 Å². The zero-order chi connectivity index (χ0) is 14.2. The quantitative estimate of drug-likeness (QED) is 0.883. The molecule has 0 unspecified atom stereocenters. The van der Waals surface area contributed by atoms with Gasteiger partial charge in [0.15, 0.2) is 0 Å². The Hall–Kier alpha value is -1.43. The van der Waals surface area contributed by atoms with Crippen LogP contribution in [0.15, 0.2) is 47.4 Å². The molecule has 0 saturated heterocycles. The van der Waals surface area contributed by atoms with Crippen LogP contribution in [0.1, 0.15) is 12.8 Å². The highest BCUT2D eigenvalue weighted by atomic mass is 32.2. The fraction of sp³-hybridized carbons (Fsp3) is 0.333. The van der Waals surface area contributed by atoms with Gasteiger partial charge in [0, 0.05) is 18.0 Å². The van der Waals surface area contributed by atoms with Crippen LogP contribution in [0.25, 0.3) is 10.8 Å². The van der Waals surface area contributed by atoms with Crippen molar-refractivity contribution in [2.45, 2.75) is 23.8 Å². The van der Waals surface area contributed by atoms with Gasteiger partial charge in [-0.15, -0.1) is 0 Å². The predicted octanol–water partition coefficient (Wildman–Crippen LogP) is 1.86. The Kier molecular flexibility index (Phi) is 3.50. The summed E-state index contributed by atoms with van der Waals surface area (Å²) in [5.41, 5.74) is 5.68.